The summed E-state index contributed by atoms with van der Waals surface area (Å²) in [4.78, 5) is 10.9. The average Bonchev–Trinajstić information content (AvgIpc) is 3.05. The first-order chi connectivity index (χ1) is 12.3. The van der Waals surface area contributed by atoms with Gasteiger partial charge in [0.2, 0.25) is 0 Å². The lowest BCUT2D eigenvalue weighted by Crippen LogP contribution is -2.44. The Kier molecular flexibility index (Phi) is 6.57. The minimum atomic E-state index is -1.04. The van der Waals surface area contributed by atoms with Gasteiger partial charge in [0.05, 0.1) is 19.3 Å². The van der Waals surface area contributed by atoms with Crippen LogP contribution in [0.4, 0.5) is 5.82 Å². The highest BCUT2D eigenvalue weighted by atomic mass is 16.3. The first-order valence-corrected chi connectivity index (χ1v) is 8.67. The SMILES string of the molecule is CCNC(=NCc1ccnc(N(C)C)c1)NCC(C)(O)c1cnn(C)c1. The summed E-state index contributed by atoms with van der Waals surface area (Å²) >= 11 is 0. The summed E-state index contributed by atoms with van der Waals surface area (Å²) in [5.74, 6) is 1.55. The van der Waals surface area contributed by atoms with Crippen LogP contribution in [0.2, 0.25) is 0 Å². The number of nitrogens with one attached hydrogen (secondary N) is 2. The molecule has 0 radical (unpaired) electrons. The molecule has 0 saturated heterocycles. The highest BCUT2D eigenvalue weighted by Gasteiger charge is 2.24. The van der Waals surface area contributed by atoms with Gasteiger partial charge in [0.25, 0.3) is 0 Å². The van der Waals surface area contributed by atoms with Crippen molar-refractivity contribution in [2.45, 2.75) is 26.0 Å². The Hall–Kier alpha value is -2.61. The largest absolute Gasteiger partial charge is 0.383 e. The van der Waals surface area contributed by atoms with Crippen LogP contribution in [-0.2, 0) is 19.2 Å². The molecule has 1 unspecified atom stereocenters. The molecular weight excluding hydrogens is 330 g/mol. The Morgan fingerprint density at radius 2 is 2.15 bits per heavy atom. The quantitative estimate of drug-likeness (QED) is 0.501. The topological polar surface area (TPSA) is 90.6 Å². The summed E-state index contributed by atoms with van der Waals surface area (Å²) in [6.45, 7) is 5.34. The second-order valence-corrected chi connectivity index (χ2v) is 6.64. The molecule has 0 aliphatic rings. The molecule has 0 spiro atoms. The number of hydrogen-bond donors (Lipinski definition) is 3. The summed E-state index contributed by atoms with van der Waals surface area (Å²) in [7, 11) is 5.75. The van der Waals surface area contributed by atoms with E-state index in [1.807, 2.05) is 51.3 Å². The fourth-order valence-electron chi connectivity index (χ4n) is 2.37. The van der Waals surface area contributed by atoms with Crippen molar-refractivity contribution in [2.24, 2.45) is 12.0 Å². The molecule has 0 aliphatic heterocycles. The monoisotopic (exact) mass is 359 g/mol. The van der Waals surface area contributed by atoms with Gasteiger partial charge < -0.3 is 20.6 Å². The third-order valence-corrected chi connectivity index (χ3v) is 3.96. The number of nitrogens with zero attached hydrogens (tertiary/aromatic N) is 5. The molecule has 0 bridgehead atoms. The Morgan fingerprint density at radius 3 is 2.77 bits per heavy atom. The van der Waals surface area contributed by atoms with Crippen LogP contribution in [0.25, 0.3) is 0 Å². The molecule has 0 amide bonds. The van der Waals surface area contributed by atoms with Crippen LogP contribution in [0.15, 0.2) is 35.7 Å². The van der Waals surface area contributed by atoms with Gasteiger partial charge in [-0.2, -0.15) is 5.10 Å². The van der Waals surface area contributed by atoms with E-state index in [9.17, 15) is 5.11 Å². The summed E-state index contributed by atoms with van der Waals surface area (Å²) in [5, 5.41) is 21.2. The normalized spacial score (nSPS) is 14.0. The van der Waals surface area contributed by atoms with E-state index in [0.717, 1.165) is 23.5 Å². The van der Waals surface area contributed by atoms with E-state index < -0.39 is 5.60 Å². The van der Waals surface area contributed by atoms with Gasteiger partial charge in [-0.05, 0) is 31.5 Å². The Balaban J connectivity index is 2.03. The van der Waals surface area contributed by atoms with Crippen LogP contribution in [-0.4, -0.2) is 53.0 Å². The maximum absolute atomic E-state index is 10.7. The highest BCUT2D eigenvalue weighted by Crippen LogP contribution is 2.18. The first kappa shape index (κ1) is 19.7. The lowest BCUT2D eigenvalue weighted by molar-refractivity contribution is 0.0616. The van der Waals surface area contributed by atoms with Gasteiger partial charge in [-0.15, -0.1) is 0 Å². The number of aliphatic imine (C=N–C) groups is 1. The van der Waals surface area contributed by atoms with Crippen LogP contribution in [0, 0.1) is 0 Å². The van der Waals surface area contributed by atoms with Crippen molar-refractivity contribution in [1.82, 2.24) is 25.4 Å². The lowest BCUT2D eigenvalue weighted by atomic mass is 10.00. The molecule has 26 heavy (non-hydrogen) atoms. The van der Waals surface area contributed by atoms with E-state index in [-0.39, 0.29) is 0 Å². The fraction of sp³-hybridized carbons (Fsp3) is 0.500. The van der Waals surface area contributed by atoms with E-state index in [4.69, 9.17) is 0 Å². The number of anilines is 1. The van der Waals surface area contributed by atoms with Crippen LogP contribution >= 0.6 is 0 Å². The molecule has 2 aromatic heterocycles. The Morgan fingerprint density at radius 1 is 1.38 bits per heavy atom. The molecule has 0 fully saturated rings. The van der Waals surface area contributed by atoms with E-state index in [1.54, 1.807) is 24.0 Å². The second kappa shape index (κ2) is 8.66. The van der Waals surface area contributed by atoms with Crippen molar-refractivity contribution < 1.29 is 5.11 Å². The molecule has 0 aliphatic carbocycles. The molecule has 0 aromatic carbocycles. The van der Waals surface area contributed by atoms with Crippen molar-refractivity contribution in [3.63, 3.8) is 0 Å². The Labute approximate surface area is 155 Å². The van der Waals surface area contributed by atoms with Gasteiger partial charge in [0.1, 0.15) is 11.4 Å². The number of aliphatic hydroxyl groups is 1. The first-order valence-electron chi connectivity index (χ1n) is 8.67. The van der Waals surface area contributed by atoms with Crippen molar-refractivity contribution >= 4 is 11.8 Å². The molecule has 2 rings (SSSR count). The smallest absolute Gasteiger partial charge is 0.191 e. The molecule has 3 N–H and O–H groups in total. The van der Waals surface area contributed by atoms with Gasteiger partial charge >= 0.3 is 0 Å². The average molecular weight is 359 g/mol. The summed E-state index contributed by atoms with van der Waals surface area (Å²) in [6, 6.07) is 3.96. The number of guanidine groups is 1. The summed E-state index contributed by atoms with van der Waals surface area (Å²) in [5.41, 5.74) is 0.784. The lowest BCUT2D eigenvalue weighted by Gasteiger charge is -2.23. The van der Waals surface area contributed by atoms with Crippen LogP contribution in [0.5, 0.6) is 0 Å². The molecule has 2 heterocycles. The van der Waals surface area contributed by atoms with Gasteiger partial charge in [0, 0.05) is 45.6 Å². The predicted octanol–water partition coefficient (Wildman–Crippen LogP) is 0.844. The van der Waals surface area contributed by atoms with E-state index in [0.29, 0.717) is 19.0 Å². The fourth-order valence-corrected chi connectivity index (χ4v) is 2.37. The van der Waals surface area contributed by atoms with Gasteiger partial charge in [-0.25, -0.2) is 9.98 Å². The number of pyridine rings is 1. The second-order valence-electron chi connectivity index (χ2n) is 6.64. The standard InChI is InChI=1S/C18H29N7O/c1-6-19-17(21-10-14-7-8-20-16(9-14)24(3)4)22-13-18(2,26)15-11-23-25(5)12-15/h7-9,11-12,26H,6,10,13H2,1-5H3,(H2,19,21,22). The highest BCUT2D eigenvalue weighted by molar-refractivity contribution is 5.79. The van der Waals surface area contributed by atoms with Crippen molar-refractivity contribution in [3.8, 4) is 0 Å². The molecule has 8 nitrogen and oxygen atoms in total. The minimum absolute atomic E-state index is 0.323. The van der Waals surface area contributed by atoms with Gasteiger partial charge in [0.15, 0.2) is 5.96 Å². The van der Waals surface area contributed by atoms with Crippen LogP contribution in [0.1, 0.15) is 25.0 Å². The minimum Gasteiger partial charge on any atom is -0.383 e. The van der Waals surface area contributed by atoms with Crippen LogP contribution < -0.4 is 15.5 Å². The maximum atomic E-state index is 10.7. The molecule has 2 aromatic rings. The van der Waals surface area contributed by atoms with Crippen LogP contribution in [0.3, 0.4) is 0 Å². The van der Waals surface area contributed by atoms with Crippen molar-refractivity contribution in [3.05, 3.63) is 41.9 Å². The molecule has 1 atom stereocenters. The van der Waals surface area contributed by atoms with Gasteiger partial charge in [-0.1, -0.05) is 0 Å². The number of aryl methyl sites for hydroxylation is 1. The zero-order valence-electron chi connectivity index (χ0n) is 16.2. The zero-order chi connectivity index (χ0) is 19.2. The maximum Gasteiger partial charge on any atom is 0.191 e. The molecule has 0 saturated carbocycles. The van der Waals surface area contributed by atoms with Gasteiger partial charge in [-0.3, -0.25) is 4.68 Å². The molecule has 142 valence electrons. The summed E-state index contributed by atoms with van der Waals surface area (Å²) in [6.07, 6.45) is 5.27. The molecular formula is C18H29N7O. The number of hydrogen-bond acceptors (Lipinski definition) is 5. The molecule has 8 heteroatoms. The van der Waals surface area contributed by atoms with E-state index >= 15 is 0 Å². The Bertz CT molecular complexity index is 737. The van der Waals surface area contributed by atoms with E-state index in [1.165, 1.54) is 0 Å². The van der Waals surface area contributed by atoms with Crippen molar-refractivity contribution in [2.75, 3.05) is 32.1 Å². The number of aromatic nitrogens is 3. The number of rotatable bonds is 7. The third-order valence-electron chi connectivity index (χ3n) is 3.96. The third kappa shape index (κ3) is 5.45. The predicted molar refractivity (Wildman–Crippen MR) is 104 cm³/mol. The summed E-state index contributed by atoms with van der Waals surface area (Å²) < 4.78 is 1.68. The zero-order valence-corrected chi connectivity index (χ0v) is 16.2. The van der Waals surface area contributed by atoms with E-state index in [2.05, 4.69) is 25.7 Å². The van der Waals surface area contributed by atoms with Crippen molar-refractivity contribution in [1.29, 1.82) is 0 Å².